The minimum atomic E-state index is -0.268. The Morgan fingerprint density at radius 1 is 1.54 bits per heavy atom. The van der Waals surface area contributed by atoms with Crippen molar-refractivity contribution in [2.45, 2.75) is 37.9 Å². The predicted molar refractivity (Wildman–Crippen MR) is 49.3 cm³/mol. The predicted octanol–water partition coefficient (Wildman–Crippen LogP) is 1.49. The maximum atomic E-state index is 10.0. The number of ether oxygens (including phenoxy) is 1. The van der Waals surface area contributed by atoms with Crippen molar-refractivity contribution in [1.82, 2.24) is 0 Å². The van der Waals surface area contributed by atoms with Gasteiger partial charge in [-0.3, -0.25) is 0 Å². The summed E-state index contributed by atoms with van der Waals surface area (Å²) in [4.78, 5) is 0. The Kier molecular flexibility index (Phi) is 1.34. The molecule has 1 N–H and O–H groups in total. The summed E-state index contributed by atoms with van der Waals surface area (Å²) in [7, 11) is 0. The molecule has 2 heteroatoms. The van der Waals surface area contributed by atoms with Crippen LogP contribution >= 0.6 is 0 Å². The van der Waals surface area contributed by atoms with Crippen molar-refractivity contribution in [3.63, 3.8) is 0 Å². The van der Waals surface area contributed by atoms with Crippen LogP contribution in [0.4, 0.5) is 0 Å². The Morgan fingerprint density at radius 3 is 3.15 bits per heavy atom. The van der Waals surface area contributed by atoms with Gasteiger partial charge in [-0.05, 0) is 19.8 Å². The van der Waals surface area contributed by atoms with Crippen molar-refractivity contribution >= 4 is 0 Å². The van der Waals surface area contributed by atoms with Crippen LogP contribution in [0.25, 0.3) is 0 Å². The average Bonchev–Trinajstić information content (AvgIpc) is 2.61. The summed E-state index contributed by atoms with van der Waals surface area (Å²) in [6.45, 7) is 2.91. The molecule has 1 heterocycles. The maximum absolute atomic E-state index is 10.0. The van der Waals surface area contributed by atoms with Crippen LogP contribution in [0.5, 0.6) is 0 Å². The van der Waals surface area contributed by atoms with Crippen molar-refractivity contribution in [2.24, 2.45) is 11.3 Å². The summed E-state index contributed by atoms with van der Waals surface area (Å²) in [6.07, 6.45) is 7.35. The van der Waals surface area contributed by atoms with Crippen LogP contribution in [0.15, 0.2) is 12.2 Å². The molecule has 13 heavy (non-hydrogen) atoms. The molecule has 2 bridgehead atoms. The van der Waals surface area contributed by atoms with E-state index in [1.165, 1.54) is 12.8 Å². The summed E-state index contributed by atoms with van der Waals surface area (Å²) in [5.74, 6) is 0.556. The van der Waals surface area contributed by atoms with Crippen LogP contribution in [0.2, 0.25) is 0 Å². The third kappa shape index (κ3) is 0.767. The molecule has 0 aromatic carbocycles. The van der Waals surface area contributed by atoms with E-state index in [9.17, 15) is 5.11 Å². The number of hydrogen-bond acceptors (Lipinski definition) is 2. The molecule has 2 fully saturated rings. The molecular weight excluding hydrogens is 164 g/mol. The van der Waals surface area contributed by atoms with Crippen molar-refractivity contribution < 1.29 is 9.84 Å². The van der Waals surface area contributed by atoms with Crippen LogP contribution in [0.1, 0.15) is 26.2 Å². The smallest absolute Gasteiger partial charge is 0.0870 e. The zero-order valence-electron chi connectivity index (χ0n) is 7.99. The standard InChI is InChI=1S/C11H16O2/c1-10-6-4-9(12)11(7-13-10)5-2-3-8(10)11/h4,6,8-9,12H,2-3,5,7H2,1H3/t8-,9-,10-,11-/m1/s1. The molecule has 2 aliphatic carbocycles. The van der Waals surface area contributed by atoms with Crippen molar-refractivity contribution in [1.29, 1.82) is 0 Å². The number of aliphatic hydroxyl groups excluding tert-OH is 1. The van der Waals surface area contributed by atoms with E-state index in [0.717, 1.165) is 13.0 Å². The van der Waals surface area contributed by atoms with Crippen LogP contribution in [0, 0.1) is 11.3 Å². The molecule has 3 aliphatic rings. The van der Waals surface area contributed by atoms with Crippen molar-refractivity contribution in [2.75, 3.05) is 6.61 Å². The fourth-order valence-electron chi connectivity index (χ4n) is 3.60. The third-order valence-electron chi connectivity index (χ3n) is 4.37. The SMILES string of the molecule is C[C@@]12C=C[C@@H](O)[C@]3(CCC[C@@H]31)CO2. The van der Waals surface area contributed by atoms with Gasteiger partial charge in [-0.1, -0.05) is 18.6 Å². The molecule has 2 nitrogen and oxygen atoms in total. The Labute approximate surface area is 78.6 Å². The molecule has 0 radical (unpaired) electrons. The van der Waals surface area contributed by atoms with Crippen molar-refractivity contribution in [3.8, 4) is 0 Å². The summed E-state index contributed by atoms with van der Waals surface area (Å²) in [5, 5.41) is 10.0. The highest BCUT2D eigenvalue weighted by Crippen LogP contribution is 2.59. The highest BCUT2D eigenvalue weighted by atomic mass is 16.5. The highest BCUT2D eigenvalue weighted by Gasteiger charge is 2.61. The number of aliphatic hydroxyl groups is 1. The second-order valence-corrected chi connectivity index (χ2v) is 4.95. The maximum Gasteiger partial charge on any atom is 0.0870 e. The fourth-order valence-corrected chi connectivity index (χ4v) is 3.60. The zero-order valence-corrected chi connectivity index (χ0v) is 7.99. The van der Waals surface area contributed by atoms with Gasteiger partial charge in [0.2, 0.25) is 0 Å². The van der Waals surface area contributed by atoms with Gasteiger partial charge in [0.05, 0.1) is 18.3 Å². The number of hydrogen-bond donors (Lipinski definition) is 1. The molecule has 0 spiro atoms. The topological polar surface area (TPSA) is 29.5 Å². The first-order valence-corrected chi connectivity index (χ1v) is 5.19. The first kappa shape index (κ1) is 8.01. The molecule has 0 aromatic rings. The fraction of sp³-hybridized carbons (Fsp3) is 0.818. The molecule has 3 rings (SSSR count). The molecule has 1 saturated heterocycles. The van der Waals surface area contributed by atoms with Gasteiger partial charge >= 0.3 is 0 Å². The Hall–Kier alpha value is -0.340. The van der Waals surface area contributed by atoms with E-state index < -0.39 is 0 Å². The third-order valence-corrected chi connectivity index (χ3v) is 4.37. The van der Waals surface area contributed by atoms with Gasteiger partial charge < -0.3 is 9.84 Å². The summed E-state index contributed by atoms with van der Waals surface area (Å²) in [6, 6.07) is 0. The van der Waals surface area contributed by atoms with E-state index in [0.29, 0.717) is 5.92 Å². The van der Waals surface area contributed by atoms with Gasteiger partial charge in [-0.15, -0.1) is 0 Å². The monoisotopic (exact) mass is 180 g/mol. The minimum Gasteiger partial charge on any atom is -0.388 e. The van der Waals surface area contributed by atoms with E-state index in [1.54, 1.807) is 0 Å². The minimum absolute atomic E-state index is 0.0729. The number of rotatable bonds is 0. The van der Waals surface area contributed by atoms with Gasteiger partial charge in [0.25, 0.3) is 0 Å². The molecule has 0 unspecified atom stereocenters. The van der Waals surface area contributed by atoms with E-state index in [1.807, 2.05) is 6.08 Å². The second kappa shape index (κ2) is 2.18. The summed E-state index contributed by atoms with van der Waals surface area (Å²) >= 11 is 0. The van der Waals surface area contributed by atoms with E-state index in [4.69, 9.17) is 4.74 Å². The summed E-state index contributed by atoms with van der Waals surface area (Å²) in [5.41, 5.74) is -0.000764. The quantitative estimate of drug-likeness (QED) is 0.572. The van der Waals surface area contributed by atoms with E-state index in [-0.39, 0.29) is 17.1 Å². The molecule has 1 aliphatic heterocycles. The van der Waals surface area contributed by atoms with Gasteiger partial charge in [0.15, 0.2) is 0 Å². The lowest BCUT2D eigenvalue weighted by molar-refractivity contribution is 0.0337. The normalized spacial score (nSPS) is 58.3. The highest BCUT2D eigenvalue weighted by molar-refractivity contribution is 5.24. The van der Waals surface area contributed by atoms with Gasteiger partial charge in [0.1, 0.15) is 0 Å². The average molecular weight is 180 g/mol. The van der Waals surface area contributed by atoms with Crippen LogP contribution in [0.3, 0.4) is 0 Å². The Morgan fingerprint density at radius 2 is 2.38 bits per heavy atom. The second-order valence-electron chi connectivity index (χ2n) is 4.95. The van der Waals surface area contributed by atoms with Gasteiger partial charge in [0, 0.05) is 11.3 Å². The summed E-state index contributed by atoms with van der Waals surface area (Å²) < 4.78 is 5.85. The molecule has 1 saturated carbocycles. The van der Waals surface area contributed by atoms with E-state index >= 15 is 0 Å². The van der Waals surface area contributed by atoms with Crippen molar-refractivity contribution in [3.05, 3.63) is 12.2 Å². The lowest BCUT2D eigenvalue weighted by Crippen LogP contribution is -2.44. The lowest BCUT2D eigenvalue weighted by Gasteiger charge is -2.38. The zero-order chi connectivity index (χ0) is 9.10. The first-order valence-electron chi connectivity index (χ1n) is 5.19. The largest absolute Gasteiger partial charge is 0.388 e. The molecule has 4 atom stereocenters. The van der Waals surface area contributed by atoms with Gasteiger partial charge in [-0.25, -0.2) is 0 Å². The lowest BCUT2D eigenvalue weighted by atomic mass is 9.66. The molecule has 0 aromatic heterocycles. The Bertz CT molecular complexity index is 273. The van der Waals surface area contributed by atoms with Crippen LogP contribution < -0.4 is 0 Å². The molecule has 72 valence electrons. The molecular formula is C11H16O2. The van der Waals surface area contributed by atoms with Crippen LogP contribution in [-0.4, -0.2) is 23.4 Å². The first-order chi connectivity index (χ1) is 6.17. The Balaban J connectivity index is 2.12. The van der Waals surface area contributed by atoms with E-state index in [2.05, 4.69) is 13.0 Å². The van der Waals surface area contributed by atoms with Gasteiger partial charge in [-0.2, -0.15) is 0 Å². The molecule has 0 amide bonds. The van der Waals surface area contributed by atoms with Crippen LogP contribution in [-0.2, 0) is 4.74 Å².